The number of halogens is 1. The average Bonchev–Trinajstić information content (AvgIpc) is 3.41. The van der Waals surface area contributed by atoms with Gasteiger partial charge in [0.2, 0.25) is 5.52 Å². The third-order valence-corrected chi connectivity index (χ3v) is 7.89. The zero-order chi connectivity index (χ0) is 26.6. The second-order valence-electron chi connectivity index (χ2n) is 10.1. The molecule has 0 bridgehead atoms. The summed E-state index contributed by atoms with van der Waals surface area (Å²) in [4.78, 5) is 2.31. The maximum atomic E-state index is 2.35. The predicted octanol–water partition coefficient (Wildman–Crippen LogP) is 5.78. The minimum Gasteiger partial charge on any atom is -1.00 e. The van der Waals surface area contributed by atoms with E-state index in [9.17, 15) is 0 Å². The monoisotopic (exact) mass is 586 g/mol. The summed E-state index contributed by atoms with van der Waals surface area (Å²) < 4.78 is 2.31. The highest BCUT2D eigenvalue weighted by Gasteiger charge is 2.20. The standard InChI is InChI=1S/C37H35N2.BrH/c1-3-38-26-24-28(33-14-8-10-16-35(33)38)18-20-31-22-23-32(37(31)30-12-6-5-7-13-30)21-19-29-25-27-39(4-2)36-17-11-9-15-34(29)36;/h5-21,24-27H,3-4,22-23H2,1-2H3;1H/q+1;/p-1. The Labute approximate surface area is 248 Å². The average molecular weight is 588 g/mol. The molecule has 6 rings (SSSR count). The molecule has 0 unspecified atom stereocenters. The van der Waals surface area contributed by atoms with Gasteiger partial charge in [0.05, 0.1) is 5.39 Å². The van der Waals surface area contributed by atoms with Gasteiger partial charge in [-0.25, -0.2) is 0 Å². The van der Waals surface area contributed by atoms with Crippen LogP contribution in [0.3, 0.4) is 0 Å². The van der Waals surface area contributed by atoms with Gasteiger partial charge in [0.25, 0.3) is 0 Å². The number of pyridine rings is 1. The van der Waals surface area contributed by atoms with Gasteiger partial charge in [-0.1, -0.05) is 85.0 Å². The van der Waals surface area contributed by atoms with Crippen LogP contribution in [0.5, 0.6) is 0 Å². The summed E-state index contributed by atoms with van der Waals surface area (Å²) in [5.74, 6) is 0. The van der Waals surface area contributed by atoms with E-state index in [1.54, 1.807) is 0 Å². The first kappa shape index (κ1) is 27.6. The molecule has 0 N–H and O–H groups in total. The SMILES string of the molecule is CCN1C=C/C(=C\C=C2/CCC(/C=C/c3cc[n+](CC)c4ccccc34)=C2c2ccccc2)c2ccccc21.[Br-]. The molecule has 0 amide bonds. The molecule has 40 heavy (non-hydrogen) atoms. The minimum atomic E-state index is 0. The number of rotatable bonds is 6. The van der Waals surface area contributed by atoms with Crippen LogP contribution >= 0.6 is 0 Å². The Morgan fingerprint density at radius 2 is 1.57 bits per heavy atom. The van der Waals surface area contributed by atoms with Crippen molar-refractivity contribution in [3.63, 3.8) is 0 Å². The van der Waals surface area contributed by atoms with Gasteiger partial charge < -0.3 is 21.9 Å². The van der Waals surface area contributed by atoms with Crippen molar-refractivity contribution in [2.24, 2.45) is 0 Å². The second kappa shape index (κ2) is 12.5. The van der Waals surface area contributed by atoms with Crippen LogP contribution in [-0.2, 0) is 6.54 Å². The molecule has 2 nitrogen and oxygen atoms in total. The molecule has 0 fully saturated rings. The number of para-hydroxylation sites is 2. The number of allylic oxidation sites excluding steroid dienone is 8. The summed E-state index contributed by atoms with van der Waals surface area (Å²) in [5.41, 5.74) is 11.8. The van der Waals surface area contributed by atoms with Crippen LogP contribution in [0.4, 0.5) is 5.69 Å². The highest BCUT2D eigenvalue weighted by molar-refractivity contribution is 5.91. The van der Waals surface area contributed by atoms with Crippen molar-refractivity contribution in [2.75, 3.05) is 11.4 Å². The Morgan fingerprint density at radius 3 is 2.40 bits per heavy atom. The Balaban J connectivity index is 0.00000323. The van der Waals surface area contributed by atoms with Crippen LogP contribution in [-0.4, -0.2) is 6.54 Å². The van der Waals surface area contributed by atoms with Crippen molar-refractivity contribution in [3.05, 3.63) is 149 Å². The van der Waals surface area contributed by atoms with E-state index in [0.717, 1.165) is 25.9 Å². The van der Waals surface area contributed by atoms with Crippen molar-refractivity contribution < 1.29 is 21.5 Å². The molecule has 1 aromatic heterocycles. The fourth-order valence-electron chi connectivity index (χ4n) is 5.87. The van der Waals surface area contributed by atoms with Crippen LogP contribution in [0, 0.1) is 0 Å². The van der Waals surface area contributed by atoms with Gasteiger partial charge in [0.15, 0.2) is 6.20 Å². The second-order valence-corrected chi connectivity index (χ2v) is 10.1. The lowest BCUT2D eigenvalue weighted by atomic mass is 9.95. The summed E-state index contributed by atoms with van der Waals surface area (Å²) in [6, 6.07) is 30.5. The lowest BCUT2D eigenvalue weighted by Gasteiger charge is -2.26. The normalized spacial score (nSPS) is 16.8. The molecule has 4 aromatic rings. The molecular formula is C37H35BrN2. The maximum absolute atomic E-state index is 2.35. The number of hydrogen-bond acceptors (Lipinski definition) is 1. The maximum Gasteiger partial charge on any atom is 0.213 e. The molecule has 1 aliphatic heterocycles. The molecule has 2 aliphatic rings. The Morgan fingerprint density at radius 1 is 0.800 bits per heavy atom. The summed E-state index contributed by atoms with van der Waals surface area (Å²) in [7, 11) is 0. The van der Waals surface area contributed by atoms with Crippen molar-refractivity contribution in [1.29, 1.82) is 0 Å². The van der Waals surface area contributed by atoms with Gasteiger partial charge in [0, 0.05) is 36.1 Å². The van der Waals surface area contributed by atoms with Gasteiger partial charge in [-0.15, -0.1) is 0 Å². The van der Waals surface area contributed by atoms with E-state index in [4.69, 9.17) is 0 Å². The summed E-state index contributed by atoms with van der Waals surface area (Å²) in [6.45, 7) is 6.32. The zero-order valence-corrected chi connectivity index (χ0v) is 24.8. The highest BCUT2D eigenvalue weighted by atomic mass is 79.9. The first-order valence-corrected chi connectivity index (χ1v) is 14.1. The van der Waals surface area contributed by atoms with Gasteiger partial charge in [-0.05, 0) is 78.3 Å². The van der Waals surface area contributed by atoms with Crippen molar-refractivity contribution >= 4 is 33.8 Å². The van der Waals surface area contributed by atoms with E-state index in [2.05, 4.69) is 151 Å². The molecule has 0 radical (unpaired) electrons. The van der Waals surface area contributed by atoms with Crippen LogP contribution in [0.2, 0.25) is 0 Å². The van der Waals surface area contributed by atoms with Crippen molar-refractivity contribution in [3.8, 4) is 0 Å². The number of benzene rings is 3. The Bertz CT molecular complexity index is 1670. The van der Waals surface area contributed by atoms with E-state index >= 15 is 0 Å². The first-order valence-electron chi connectivity index (χ1n) is 14.1. The highest BCUT2D eigenvalue weighted by Crippen LogP contribution is 2.40. The summed E-state index contributed by atoms with van der Waals surface area (Å²) in [6.07, 6.45) is 18.1. The molecule has 3 aromatic carbocycles. The van der Waals surface area contributed by atoms with Gasteiger partial charge >= 0.3 is 0 Å². The molecular weight excluding hydrogens is 552 g/mol. The molecule has 2 heterocycles. The summed E-state index contributed by atoms with van der Waals surface area (Å²) in [5, 5.41) is 1.29. The predicted molar refractivity (Wildman–Crippen MR) is 166 cm³/mol. The number of fused-ring (bicyclic) bond motifs is 2. The molecule has 1 aliphatic carbocycles. The Kier molecular flexibility index (Phi) is 8.62. The van der Waals surface area contributed by atoms with Gasteiger partial charge in [-0.2, -0.15) is 4.57 Å². The van der Waals surface area contributed by atoms with Crippen LogP contribution in [0.15, 0.2) is 133 Å². The zero-order valence-electron chi connectivity index (χ0n) is 23.2. The van der Waals surface area contributed by atoms with Crippen LogP contribution < -0.4 is 26.4 Å². The third kappa shape index (κ3) is 5.39. The first-order chi connectivity index (χ1) is 19.3. The van der Waals surface area contributed by atoms with E-state index in [1.807, 2.05) is 0 Å². The largest absolute Gasteiger partial charge is 1.00 e. The van der Waals surface area contributed by atoms with E-state index in [-0.39, 0.29) is 17.0 Å². The molecule has 0 spiro atoms. The molecule has 3 heteroatoms. The van der Waals surface area contributed by atoms with Crippen molar-refractivity contribution in [2.45, 2.75) is 33.2 Å². The number of nitrogens with zero attached hydrogens (tertiary/aromatic N) is 2. The number of hydrogen-bond donors (Lipinski definition) is 0. The molecule has 200 valence electrons. The van der Waals surface area contributed by atoms with E-state index in [0.29, 0.717) is 0 Å². The fraction of sp³-hybridized carbons (Fsp3) is 0.162. The molecule has 0 saturated heterocycles. The quantitative estimate of drug-likeness (QED) is 0.260. The van der Waals surface area contributed by atoms with E-state index in [1.165, 1.54) is 55.6 Å². The van der Waals surface area contributed by atoms with Gasteiger partial charge in [-0.3, -0.25) is 0 Å². The van der Waals surface area contributed by atoms with E-state index < -0.39 is 0 Å². The Hall–Kier alpha value is -3.95. The summed E-state index contributed by atoms with van der Waals surface area (Å²) >= 11 is 0. The topological polar surface area (TPSA) is 7.12 Å². The fourth-order valence-corrected chi connectivity index (χ4v) is 5.87. The number of aryl methyl sites for hydroxylation is 1. The van der Waals surface area contributed by atoms with Crippen LogP contribution in [0.1, 0.15) is 43.4 Å². The lowest BCUT2D eigenvalue weighted by molar-refractivity contribution is -0.667. The molecule has 0 atom stereocenters. The minimum absolute atomic E-state index is 0. The number of anilines is 1. The smallest absolute Gasteiger partial charge is 0.213 e. The third-order valence-electron chi connectivity index (χ3n) is 7.89. The number of aromatic nitrogens is 1. The lowest BCUT2D eigenvalue weighted by Crippen LogP contribution is -3.00. The van der Waals surface area contributed by atoms with Crippen molar-refractivity contribution in [1.82, 2.24) is 0 Å². The van der Waals surface area contributed by atoms with Crippen LogP contribution in [0.25, 0.3) is 28.1 Å². The van der Waals surface area contributed by atoms with Gasteiger partial charge in [0.1, 0.15) is 6.54 Å². The molecule has 0 saturated carbocycles.